The maximum absolute atomic E-state index is 12.4. The molecule has 2 rings (SSSR count). The average molecular weight is 275 g/mol. The molecule has 1 N–H and O–H groups in total. The van der Waals surface area contributed by atoms with E-state index in [4.69, 9.17) is 0 Å². The number of urea groups is 1. The number of nitrogens with zero attached hydrogens (tertiary/aromatic N) is 2. The van der Waals surface area contributed by atoms with Crippen molar-refractivity contribution in [3.63, 3.8) is 0 Å². The van der Waals surface area contributed by atoms with Crippen LogP contribution >= 0.6 is 0 Å². The lowest BCUT2D eigenvalue weighted by Crippen LogP contribution is -2.43. The van der Waals surface area contributed by atoms with Crippen molar-refractivity contribution in [2.24, 2.45) is 0 Å². The minimum atomic E-state index is -0.837. The predicted octanol–water partition coefficient (Wildman–Crippen LogP) is 2.60. The third-order valence-electron chi connectivity index (χ3n) is 3.70. The first-order valence-corrected chi connectivity index (χ1v) is 6.83. The molecule has 0 radical (unpaired) electrons. The van der Waals surface area contributed by atoms with Gasteiger partial charge in [0.15, 0.2) is 0 Å². The molecule has 1 aliphatic rings. The maximum atomic E-state index is 12.4. The minimum absolute atomic E-state index is 0.136. The van der Waals surface area contributed by atoms with Crippen LogP contribution in [0.15, 0.2) is 18.2 Å². The first-order chi connectivity index (χ1) is 9.19. The van der Waals surface area contributed by atoms with E-state index < -0.39 is 11.6 Å². The standard InChI is InChI=1S/C15H21N3O2/c1-6-15(5)12(19)18(13(20)17-15)11-9-7-8-10(16-11)14(2,3)4/h7-9H,6H2,1-5H3,(H,17,20). The molecule has 2 heterocycles. The zero-order valence-corrected chi connectivity index (χ0v) is 12.7. The summed E-state index contributed by atoms with van der Waals surface area (Å²) in [6, 6.07) is 5.01. The summed E-state index contributed by atoms with van der Waals surface area (Å²) < 4.78 is 0. The smallest absolute Gasteiger partial charge is 0.323 e. The zero-order valence-electron chi connectivity index (χ0n) is 12.7. The van der Waals surface area contributed by atoms with Gasteiger partial charge in [-0.1, -0.05) is 33.8 Å². The van der Waals surface area contributed by atoms with E-state index in [2.05, 4.69) is 10.3 Å². The Kier molecular flexibility index (Phi) is 3.32. The lowest BCUT2D eigenvalue weighted by Gasteiger charge is -2.21. The number of hydrogen-bond donors (Lipinski definition) is 1. The van der Waals surface area contributed by atoms with Gasteiger partial charge in [-0.3, -0.25) is 4.79 Å². The number of nitrogens with one attached hydrogen (secondary N) is 1. The molecule has 1 fully saturated rings. The molecule has 0 spiro atoms. The summed E-state index contributed by atoms with van der Waals surface area (Å²) in [7, 11) is 0. The van der Waals surface area contributed by atoms with Crippen LogP contribution in [0.2, 0.25) is 0 Å². The summed E-state index contributed by atoms with van der Waals surface area (Å²) >= 11 is 0. The molecule has 0 aliphatic carbocycles. The molecule has 20 heavy (non-hydrogen) atoms. The molecule has 1 unspecified atom stereocenters. The molecule has 0 bridgehead atoms. The molecule has 0 saturated carbocycles. The maximum Gasteiger partial charge on any atom is 0.330 e. The SMILES string of the molecule is CCC1(C)NC(=O)N(c2cccc(C(C)(C)C)n2)C1=O. The van der Waals surface area contributed by atoms with E-state index in [1.807, 2.05) is 39.8 Å². The van der Waals surface area contributed by atoms with Crippen molar-refractivity contribution in [1.29, 1.82) is 0 Å². The van der Waals surface area contributed by atoms with E-state index in [0.29, 0.717) is 12.2 Å². The quantitative estimate of drug-likeness (QED) is 0.844. The van der Waals surface area contributed by atoms with Crippen LogP contribution in [-0.4, -0.2) is 22.5 Å². The van der Waals surface area contributed by atoms with Gasteiger partial charge in [0.05, 0.1) is 0 Å². The van der Waals surface area contributed by atoms with Crippen LogP contribution in [-0.2, 0) is 10.2 Å². The van der Waals surface area contributed by atoms with Crippen LogP contribution in [0.25, 0.3) is 0 Å². The number of anilines is 1. The molecule has 1 aromatic heterocycles. The van der Waals surface area contributed by atoms with Gasteiger partial charge in [0.2, 0.25) is 0 Å². The second kappa shape index (κ2) is 4.58. The third-order valence-corrected chi connectivity index (χ3v) is 3.70. The van der Waals surface area contributed by atoms with E-state index >= 15 is 0 Å². The number of rotatable bonds is 2. The summed E-state index contributed by atoms with van der Waals surface area (Å²) in [5.74, 6) is 0.139. The van der Waals surface area contributed by atoms with Crippen molar-refractivity contribution in [1.82, 2.24) is 10.3 Å². The third kappa shape index (κ3) is 2.28. The van der Waals surface area contributed by atoms with Gasteiger partial charge in [-0.05, 0) is 25.5 Å². The Morgan fingerprint density at radius 3 is 2.45 bits per heavy atom. The van der Waals surface area contributed by atoms with Crippen LogP contribution in [0.1, 0.15) is 46.7 Å². The Balaban J connectivity index is 2.43. The Hall–Kier alpha value is -1.91. The van der Waals surface area contributed by atoms with Gasteiger partial charge in [0.25, 0.3) is 5.91 Å². The Morgan fingerprint density at radius 2 is 1.95 bits per heavy atom. The molecule has 1 aromatic rings. The van der Waals surface area contributed by atoms with Crippen molar-refractivity contribution in [2.75, 3.05) is 4.90 Å². The molecule has 1 atom stereocenters. The van der Waals surface area contributed by atoms with Crippen LogP contribution in [0, 0.1) is 0 Å². The molecule has 5 heteroatoms. The summed E-state index contributed by atoms with van der Waals surface area (Å²) in [6.07, 6.45) is 0.549. The number of carbonyl (C=O) groups excluding carboxylic acids is 2. The molecule has 1 aliphatic heterocycles. The van der Waals surface area contributed by atoms with Gasteiger partial charge in [0.1, 0.15) is 11.4 Å². The van der Waals surface area contributed by atoms with Gasteiger partial charge in [0, 0.05) is 11.1 Å². The van der Waals surface area contributed by atoms with Gasteiger partial charge in [-0.15, -0.1) is 0 Å². The molecule has 3 amide bonds. The van der Waals surface area contributed by atoms with E-state index in [0.717, 1.165) is 10.6 Å². The predicted molar refractivity (Wildman–Crippen MR) is 77.7 cm³/mol. The first kappa shape index (κ1) is 14.5. The summed E-state index contributed by atoms with van der Waals surface area (Å²) in [5, 5.41) is 2.73. The largest absolute Gasteiger partial charge is 0.330 e. The number of pyridine rings is 1. The molecule has 5 nitrogen and oxygen atoms in total. The van der Waals surface area contributed by atoms with Crippen molar-refractivity contribution in [2.45, 2.75) is 52.0 Å². The number of aromatic nitrogens is 1. The highest BCUT2D eigenvalue weighted by molar-refractivity contribution is 6.22. The van der Waals surface area contributed by atoms with Gasteiger partial charge in [-0.2, -0.15) is 0 Å². The normalized spacial score (nSPS) is 23.1. The van der Waals surface area contributed by atoms with Crippen LogP contribution in [0.4, 0.5) is 10.6 Å². The fourth-order valence-electron chi connectivity index (χ4n) is 2.10. The topological polar surface area (TPSA) is 62.3 Å². The Bertz CT molecular complexity index is 562. The summed E-state index contributed by atoms with van der Waals surface area (Å²) in [4.78, 5) is 30.1. The lowest BCUT2D eigenvalue weighted by molar-refractivity contribution is -0.121. The molecule has 1 saturated heterocycles. The van der Waals surface area contributed by atoms with Crippen molar-refractivity contribution >= 4 is 17.8 Å². The molecular formula is C15H21N3O2. The van der Waals surface area contributed by atoms with Crippen molar-refractivity contribution in [3.05, 3.63) is 23.9 Å². The van der Waals surface area contributed by atoms with E-state index in [1.54, 1.807) is 13.0 Å². The van der Waals surface area contributed by atoms with Crippen LogP contribution in [0.5, 0.6) is 0 Å². The van der Waals surface area contributed by atoms with E-state index in [-0.39, 0.29) is 11.3 Å². The minimum Gasteiger partial charge on any atom is -0.323 e. The second-order valence-corrected chi connectivity index (χ2v) is 6.39. The average Bonchev–Trinajstić information content (AvgIpc) is 2.60. The summed E-state index contributed by atoms with van der Waals surface area (Å²) in [6.45, 7) is 9.74. The van der Waals surface area contributed by atoms with E-state index in [9.17, 15) is 9.59 Å². The monoisotopic (exact) mass is 275 g/mol. The second-order valence-electron chi connectivity index (χ2n) is 6.39. The zero-order chi connectivity index (χ0) is 15.1. The fourth-order valence-corrected chi connectivity index (χ4v) is 2.10. The summed E-state index contributed by atoms with van der Waals surface area (Å²) in [5.41, 5.74) is -0.125. The Morgan fingerprint density at radius 1 is 1.30 bits per heavy atom. The highest BCUT2D eigenvalue weighted by Gasteiger charge is 2.47. The fraction of sp³-hybridized carbons (Fsp3) is 0.533. The number of hydrogen-bond acceptors (Lipinski definition) is 3. The van der Waals surface area contributed by atoms with Crippen molar-refractivity contribution in [3.8, 4) is 0 Å². The van der Waals surface area contributed by atoms with E-state index in [1.165, 1.54) is 0 Å². The van der Waals surface area contributed by atoms with Crippen LogP contribution < -0.4 is 10.2 Å². The molecular weight excluding hydrogens is 254 g/mol. The first-order valence-electron chi connectivity index (χ1n) is 6.83. The number of amides is 3. The van der Waals surface area contributed by atoms with Gasteiger partial charge in [-0.25, -0.2) is 14.7 Å². The number of imide groups is 1. The van der Waals surface area contributed by atoms with Gasteiger partial charge < -0.3 is 5.32 Å². The lowest BCUT2D eigenvalue weighted by atomic mass is 9.92. The van der Waals surface area contributed by atoms with Gasteiger partial charge >= 0.3 is 6.03 Å². The molecule has 108 valence electrons. The van der Waals surface area contributed by atoms with Crippen molar-refractivity contribution < 1.29 is 9.59 Å². The highest BCUT2D eigenvalue weighted by Crippen LogP contribution is 2.27. The molecule has 0 aromatic carbocycles. The number of carbonyl (C=O) groups is 2. The Labute approximate surface area is 119 Å². The van der Waals surface area contributed by atoms with Crippen LogP contribution in [0.3, 0.4) is 0 Å². The highest BCUT2D eigenvalue weighted by atomic mass is 16.2.